The summed E-state index contributed by atoms with van der Waals surface area (Å²) in [6, 6.07) is 7.78. The van der Waals surface area contributed by atoms with Crippen LogP contribution in [-0.2, 0) is 0 Å². The molecule has 0 bridgehead atoms. The molecular formula is C14H17N3O2S. The number of fused-ring (bicyclic) bond motifs is 1. The van der Waals surface area contributed by atoms with Crippen molar-refractivity contribution in [2.45, 2.75) is 36.8 Å². The van der Waals surface area contributed by atoms with E-state index in [1.165, 1.54) is 0 Å². The molecule has 0 aliphatic carbocycles. The molecule has 2 aromatic rings. The van der Waals surface area contributed by atoms with Gasteiger partial charge in [0.05, 0.1) is 6.04 Å². The molecule has 0 saturated heterocycles. The van der Waals surface area contributed by atoms with Crippen molar-refractivity contribution in [1.29, 1.82) is 0 Å². The molecule has 1 aliphatic rings. The third-order valence-electron chi connectivity index (χ3n) is 3.17. The largest absolute Gasteiger partial charge is 0.480 e. The van der Waals surface area contributed by atoms with Gasteiger partial charge in [0.15, 0.2) is 6.10 Å². The van der Waals surface area contributed by atoms with E-state index in [2.05, 4.69) is 23.1 Å². The molecule has 2 heterocycles. The van der Waals surface area contributed by atoms with Crippen molar-refractivity contribution in [1.82, 2.24) is 10.1 Å². The number of hydrogen-bond donors (Lipinski definition) is 1. The van der Waals surface area contributed by atoms with Crippen LogP contribution in [0.15, 0.2) is 33.7 Å². The highest BCUT2D eigenvalue weighted by molar-refractivity contribution is 7.99. The minimum absolute atomic E-state index is 0.179. The van der Waals surface area contributed by atoms with Gasteiger partial charge in [-0.1, -0.05) is 30.6 Å². The number of ether oxygens (including phenoxy) is 1. The van der Waals surface area contributed by atoms with Crippen molar-refractivity contribution in [3.63, 3.8) is 0 Å². The molecule has 0 spiro atoms. The summed E-state index contributed by atoms with van der Waals surface area (Å²) in [7, 11) is 0. The summed E-state index contributed by atoms with van der Waals surface area (Å²) in [6.07, 6.45) is 1.65. The second kappa shape index (κ2) is 5.85. The lowest BCUT2D eigenvalue weighted by molar-refractivity contribution is 0.205. The molecule has 0 fully saturated rings. The molecule has 2 atom stereocenters. The molecule has 2 N–H and O–H groups in total. The molecule has 1 aromatic carbocycles. The smallest absolute Gasteiger partial charge is 0.243 e. The van der Waals surface area contributed by atoms with E-state index in [1.807, 2.05) is 18.2 Å². The fourth-order valence-electron chi connectivity index (χ4n) is 2.11. The zero-order chi connectivity index (χ0) is 13.9. The van der Waals surface area contributed by atoms with Gasteiger partial charge < -0.3 is 15.0 Å². The number of nitrogens with two attached hydrogens (primary N) is 1. The van der Waals surface area contributed by atoms with Crippen LogP contribution in [0.4, 0.5) is 0 Å². The molecule has 20 heavy (non-hydrogen) atoms. The average Bonchev–Trinajstić information content (AvgIpc) is 2.97. The van der Waals surface area contributed by atoms with Gasteiger partial charge in [0, 0.05) is 10.6 Å². The second-order valence-corrected chi connectivity index (χ2v) is 5.81. The zero-order valence-electron chi connectivity index (χ0n) is 11.3. The first-order valence-electron chi connectivity index (χ1n) is 6.75. The quantitative estimate of drug-likeness (QED) is 0.933. The minimum atomic E-state index is -0.190. The summed E-state index contributed by atoms with van der Waals surface area (Å²) in [5.74, 6) is 2.72. The maximum absolute atomic E-state index is 5.98. The molecular weight excluding hydrogens is 274 g/mol. The third-order valence-corrected chi connectivity index (χ3v) is 4.29. The van der Waals surface area contributed by atoms with Crippen molar-refractivity contribution >= 4 is 11.8 Å². The lowest BCUT2D eigenvalue weighted by Gasteiger charge is -2.22. The van der Waals surface area contributed by atoms with Crippen LogP contribution in [0.25, 0.3) is 0 Å². The number of rotatable bonds is 4. The summed E-state index contributed by atoms with van der Waals surface area (Å²) in [5.41, 5.74) is 5.98. The SMILES string of the molecule is CCCC(N)c1nc(C2CSc3ccccc3O2)no1. The normalized spacial score (nSPS) is 19.2. The average molecular weight is 291 g/mol. The van der Waals surface area contributed by atoms with Crippen LogP contribution in [0.1, 0.15) is 43.6 Å². The van der Waals surface area contributed by atoms with E-state index in [0.29, 0.717) is 11.7 Å². The van der Waals surface area contributed by atoms with Crippen LogP contribution in [0.5, 0.6) is 5.75 Å². The predicted molar refractivity (Wildman–Crippen MR) is 76.7 cm³/mol. The maximum atomic E-state index is 5.98. The summed E-state index contributed by atoms with van der Waals surface area (Å²) in [6.45, 7) is 2.08. The van der Waals surface area contributed by atoms with E-state index in [0.717, 1.165) is 29.2 Å². The number of nitrogens with zero attached hydrogens (tertiary/aromatic N) is 2. The number of hydrogen-bond acceptors (Lipinski definition) is 6. The fourth-order valence-corrected chi connectivity index (χ4v) is 3.09. The molecule has 106 valence electrons. The Labute approximate surface area is 121 Å². The van der Waals surface area contributed by atoms with E-state index >= 15 is 0 Å². The summed E-state index contributed by atoms with van der Waals surface area (Å²) < 4.78 is 11.2. The van der Waals surface area contributed by atoms with Gasteiger partial charge in [-0.25, -0.2) is 0 Å². The zero-order valence-corrected chi connectivity index (χ0v) is 12.1. The standard InChI is InChI=1S/C14H17N3O2S/c1-2-5-9(15)14-16-13(17-19-14)11-8-20-12-7-4-3-6-10(12)18-11/h3-4,6-7,9,11H,2,5,8,15H2,1H3. The van der Waals surface area contributed by atoms with E-state index in [-0.39, 0.29) is 12.1 Å². The van der Waals surface area contributed by atoms with Crippen LogP contribution >= 0.6 is 11.8 Å². The molecule has 2 unspecified atom stereocenters. The number of thioether (sulfide) groups is 1. The third kappa shape index (κ3) is 2.66. The van der Waals surface area contributed by atoms with Gasteiger partial charge in [0.1, 0.15) is 5.75 Å². The number of aromatic nitrogens is 2. The molecule has 0 radical (unpaired) electrons. The molecule has 5 nitrogen and oxygen atoms in total. The lowest BCUT2D eigenvalue weighted by Crippen LogP contribution is -2.16. The molecule has 0 amide bonds. The predicted octanol–water partition coefficient (Wildman–Crippen LogP) is 3.10. The number of benzene rings is 1. The van der Waals surface area contributed by atoms with Crippen LogP contribution < -0.4 is 10.5 Å². The van der Waals surface area contributed by atoms with Crippen molar-refractivity contribution in [2.75, 3.05) is 5.75 Å². The van der Waals surface area contributed by atoms with Gasteiger partial charge in [-0.3, -0.25) is 0 Å². The van der Waals surface area contributed by atoms with Gasteiger partial charge >= 0.3 is 0 Å². The Morgan fingerprint density at radius 2 is 2.30 bits per heavy atom. The summed E-state index contributed by atoms with van der Waals surface area (Å²) >= 11 is 1.74. The Morgan fingerprint density at radius 1 is 1.45 bits per heavy atom. The van der Waals surface area contributed by atoms with Gasteiger partial charge in [0.25, 0.3) is 0 Å². The Balaban J connectivity index is 1.75. The maximum Gasteiger partial charge on any atom is 0.243 e. The Morgan fingerprint density at radius 3 is 3.15 bits per heavy atom. The van der Waals surface area contributed by atoms with Gasteiger partial charge in [-0.15, -0.1) is 11.8 Å². The highest BCUT2D eigenvalue weighted by atomic mass is 32.2. The van der Waals surface area contributed by atoms with Gasteiger partial charge in [-0.05, 0) is 18.6 Å². The molecule has 1 aliphatic heterocycles. The highest BCUT2D eigenvalue weighted by Gasteiger charge is 2.27. The Kier molecular flexibility index (Phi) is 3.93. The van der Waals surface area contributed by atoms with E-state index < -0.39 is 0 Å². The first-order chi connectivity index (χ1) is 9.78. The van der Waals surface area contributed by atoms with Crippen LogP contribution in [0.3, 0.4) is 0 Å². The summed E-state index contributed by atoms with van der Waals surface area (Å²) in [4.78, 5) is 5.53. The Hall–Kier alpha value is -1.53. The number of para-hydroxylation sites is 1. The highest BCUT2D eigenvalue weighted by Crippen LogP contribution is 2.39. The van der Waals surface area contributed by atoms with Crippen LogP contribution in [0.2, 0.25) is 0 Å². The van der Waals surface area contributed by atoms with Crippen LogP contribution in [-0.4, -0.2) is 15.9 Å². The molecule has 0 saturated carbocycles. The lowest BCUT2D eigenvalue weighted by atomic mass is 10.2. The fraction of sp³-hybridized carbons (Fsp3) is 0.429. The topological polar surface area (TPSA) is 74.2 Å². The first-order valence-corrected chi connectivity index (χ1v) is 7.74. The van der Waals surface area contributed by atoms with Crippen molar-refractivity contribution < 1.29 is 9.26 Å². The second-order valence-electron chi connectivity index (χ2n) is 4.75. The van der Waals surface area contributed by atoms with Gasteiger partial charge in [-0.2, -0.15) is 4.98 Å². The van der Waals surface area contributed by atoms with Crippen molar-refractivity contribution in [3.05, 3.63) is 36.0 Å². The molecule has 6 heteroatoms. The van der Waals surface area contributed by atoms with E-state index in [4.69, 9.17) is 15.0 Å². The first kappa shape index (κ1) is 13.5. The van der Waals surface area contributed by atoms with E-state index in [9.17, 15) is 0 Å². The monoisotopic (exact) mass is 291 g/mol. The summed E-state index contributed by atoms with van der Waals surface area (Å²) in [5, 5.41) is 4.01. The van der Waals surface area contributed by atoms with Crippen LogP contribution in [0, 0.1) is 0 Å². The van der Waals surface area contributed by atoms with Gasteiger partial charge in [0.2, 0.25) is 11.7 Å². The minimum Gasteiger partial charge on any atom is -0.480 e. The van der Waals surface area contributed by atoms with Crippen molar-refractivity contribution in [3.8, 4) is 5.75 Å². The molecule has 3 rings (SSSR count). The van der Waals surface area contributed by atoms with E-state index in [1.54, 1.807) is 11.8 Å². The van der Waals surface area contributed by atoms with Crippen molar-refractivity contribution in [2.24, 2.45) is 5.73 Å². The Bertz CT molecular complexity index is 587. The molecule has 1 aromatic heterocycles.